The fraction of sp³-hybridized carbons (Fsp3) is 0.273. The molecule has 0 aromatic carbocycles. The third-order valence-corrected chi connectivity index (χ3v) is 2.77. The van der Waals surface area contributed by atoms with E-state index in [1.54, 1.807) is 4.68 Å². The summed E-state index contributed by atoms with van der Waals surface area (Å²) in [5, 5.41) is 7.50. The molecule has 0 amide bonds. The van der Waals surface area contributed by atoms with Crippen LogP contribution in [-0.4, -0.2) is 29.7 Å². The number of rotatable bonds is 2. The van der Waals surface area contributed by atoms with E-state index in [0.717, 1.165) is 22.9 Å². The maximum absolute atomic E-state index is 4.33. The molecule has 0 fully saturated rings. The second-order valence-electron chi connectivity index (χ2n) is 4.16. The molecule has 0 aliphatic rings. The van der Waals surface area contributed by atoms with Crippen molar-refractivity contribution in [3.63, 3.8) is 0 Å². The molecule has 0 aliphatic heterocycles. The predicted octanol–water partition coefficient (Wildman–Crippen LogP) is 1.45. The van der Waals surface area contributed by atoms with E-state index in [-0.39, 0.29) is 0 Å². The molecule has 3 heterocycles. The van der Waals surface area contributed by atoms with E-state index in [1.807, 2.05) is 27.0 Å². The molecule has 7 nitrogen and oxygen atoms in total. The summed E-state index contributed by atoms with van der Waals surface area (Å²) in [6, 6.07) is 1.96. The van der Waals surface area contributed by atoms with Gasteiger partial charge in [0.2, 0.25) is 0 Å². The zero-order valence-electron chi connectivity index (χ0n) is 10.4. The van der Waals surface area contributed by atoms with Crippen LogP contribution < -0.4 is 5.32 Å². The van der Waals surface area contributed by atoms with Gasteiger partial charge in [0, 0.05) is 18.8 Å². The van der Waals surface area contributed by atoms with Crippen molar-refractivity contribution >= 4 is 22.8 Å². The Hall–Kier alpha value is -2.44. The van der Waals surface area contributed by atoms with Gasteiger partial charge in [-0.2, -0.15) is 5.10 Å². The van der Waals surface area contributed by atoms with Gasteiger partial charge in [-0.15, -0.1) is 0 Å². The highest BCUT2D eigenvalue weighted by Crippen LogP contribution is 2.20. The monoisotopic (exact) mass is 243 g/mol. The molecule has 3 aromatic heterocycles. The highest BCUT2D eigenvalue weighted by atomic mass is 15.3. The third-order valence-electron chi connectivity index (χ3n) is 2.77. The van der Waals surface area contributed by atoms with Crippen LogP contribution in [0.1, 0.15) is 11.5 Å². The van der Waals surface area contributed by atoms with Crippen LogP contribution in [-0.2, 0) is 7.05 Å². The van der Waals surface area contributed by atoms with Crippen molar-refractivity contribution in [1.82, 2.24) is 29.7 Å². The van der Waals surface area contributed by atoms with E-state index >= 15 is 0 Å². The maximum Gasteiger partial charge on any atom is 0.183 e. The number of fused-ring (bicyclic) bond motifs is 1. The van der Waals surface area contributed by atoms with Crippen molar-refractivity contribution in [2.75, 3.05) is 5.32 Å². The lowest BCUT2D eigenvalue weighted by molar-refractivity contribution is 0.743. The Balaban J connectivity index is 2.04. The van der Waals surface area contributed by atoms with E-state index in [2.05, 4.69) is 30.4 Å². The summed E-state index contributed by atoms with van der Waals surface area (Å²) >= 11 is 0. The van der Waals surface area contributed by atoms with Crippen LogP contribution in [0.2, 0.25) is 0 Å². The van der Waals surface area contributed by atoms with Gasteiger partial charge in [0.25, 0.3) is 0 Å². The standard InChI is InChI=1S/C11H13N7/c1-6-4-8(17-18(6)3)16-11-9-10(12-5-13-11)15-7(2)14-9/h4-5H,1-3H3,(H2,12,13,14,15,16,17). The fourth-order valence-electron chi connectivity index (χ4n) is 1.78. The summed E-state index contributed by atoms with van der Waals surface area (Å²) < 4.78 is 1.80. The largest absolute Gasteiger partial charge is 0.338 e. The Morgan fingerprint density at radius 1 is 1.28 bits per heavy atom. The van der Waals surface area contributed by atoms with Crippen LogP contribution in [0.5, 0.6) is 0 Å². The smallest absolute Gasteiger partial charge is 0.183 e. The molecule has 3 rings (SSSR count). The SMILES string of the molecule is Cc1nc2ncnc(Nc3cc(C)n(C)n3)c2[nH]1. The highest BCUT2D eigenvalue weighted by Gasteiger charge is 2.09. The van der Waals surface area contributed by atoms with Crippen molar-refractivity contribution < 1.29 is 0 Å². The number of hydrogen-bond acceptors (Lipinski definition) is 5. The van der Waals surface area contributed by atoms with Crippen LogP contribution in [0.25, 0.3) is 11.2 Å². The van der Waals surface area contributed by atoms with Crippen molar-refractivity contribution in [2.45, 2.75) is 13.8 Å². The summed E-state index contributed by atoms with van der Waals surface area (Å²) in [6.07, 6.45) is 1.49. The molecule has 0 radical (unpaired) electrons. The van der Waals surface area contributed by atoms with Gasteiger partial charge in [-0.3, -0.25) is 4.68 Å². The van der Waals surface area contributed by atoms with Gasteiger partial charge in [0.05, 0.1) is 0 Å². The van der Waals surface area contributed by atoms with E-state index in [1.165, 1.54) is 6.33 Å². The van der Waals surface area contributed by atoms with E-state index in [0.29, 0.717) is 11.5 Å². The minimum absolute atomic E-state index is 0.651. The lowest BCUT2D eigenvalue weighted by Crippen LogP contribution is -1.98. The molecule has 3 aromatic rings. The van der Waals surface area contributed by atoms with Gasteiger partial charge in [-0.1, -0.05) is 0 Å². The summed E-state index contributed by atoms with van der Waals surface area (Å²) in [5.74, 6) is 2.24. The first-order valence-electron chi connectivity index (χ1n) is 5.58. The molecule has 18 heavy (non-hydrogen) atoms. The molecular formula is C11H13N7. The molecule has 0 unspecified atom stereocenters. The number of aryl methyl sites for hydroxylation is 3. The first-order valence-corrected chi connectivity index (χ1v) is 5.58. The number of nitrogens with one attached hydrogen (secondary N) is 2. The number of aromatic nitrogens is 6. The quantitative estimate of drug-likeness (QED) is 0.711. The third kappa shape index (κ3) is 1.69. The van der Waals surface area contributed by atoms with Crippen molar-refractivity contribution in [2.24, 2.45) is 7.05 Å². The van der Waals surface area contributed by atoms with Crippen molar-refractivity contribution in [3.8, 4) is 0 Å². The maximum atomic E-state index is 4.33. The topological polar surface area (TPSA) is 84.3 Å². The normalized spacial score (nSPS) is 11.1. The molecule has 0 atom stereocenters. The Bertz CT molecular complexity index is 690. The molecule has 2 N–H and O–H groups in total. The Kier molecular flexibility index (Phi) is 2.26. The molecule has 0 aliphatic carbocycles. The number of anilines is 2. The van der Waals surface area contributed by atoms with E-state index in [9.17, 15) is 0 Å². The average Bonchev–Trinajstić information content (AvgIpc) is 2.83. The van der Waals surface area contributed by atoms with Gasteiger partial charge >= 0.3 is 0 Å². The first-order chi connectivity index (χ1) is 8.63. The zero-order chi connectivity index (χ0) is 12.7. The fourth-order valence-corrected chi connectivity index (χ4v) is 1.78. The zero-order valence-corrected chi connectivity index (χ0v) is 10.4. The highest BCUT2D eigenvalue weighted by molar-refractivity contribution is 5.84. The van der Waals surface area contributed by atoms with Crippen molar-refractivity contribution in [1.29, 1.82) is 0 Å². The van der Waals surface area contributed by atoms with Gasteiger partial charge in [0.1, 0.15) is 17.7 Å². The predicted molar refractivity (Wildman–Crippen MR) is 67.6 cm³/mol. The number of imidazole rings is 1. The Morgan fingerprint density at radius 3 is 2.83 bits per heavy atom. The van der Waals surface area contributed by atoms with Crippen molar-refractivity contribution in [3.05, 3.63) is 23.9 Å². The Morgan fingerprint density at radius 2 is 2.11 bits per heavy atom. The number of aromatic amines is 1. The van der Waals surface area contributed by atoms with Gasteiger partial charge < -0.3 is 10.3 Å². The molecular weight excluding hydrogens is 230 g/mol. The minimum Gasteiger partial charge on any atom is -0.338 e. The molecule has 7 heteroatoms. The summed E-state index contributed by atoms with van der Waals surface area (Å²) in [7, 11) is 1.90. The van der Waals surface area contributed by atoms with Crippen LogP contribution in [0.4, 0.5) is 11.6 Å². The van der Waals surface area contributed by atoms with E-state index < -0.39 is 0 Å². The number of hydrogen-bond donors (Lipinski definition) is 2. The molecule has 0 saturated carbocycles. The van der Waals surface area contributed by atoms with Crippen LogP contribution in [0, 0.1) is 13.8 Å². The van der Waals surface area contributed by atoms with Gasteiger partial charge in [-0.25, -0.2) is 15.0 Å². The van der Waals surface area contributed by atoms with Gasteiger partial charge in [-0.05, 0) is 13.8 Å². The molecule has 92 valence electrons. The second kappa shape index (κ2) is 3.80. The number of H-pyrrole nitrogens is 1. The van der Waals surface area contributed by atoms with Crippen LogP contribution in [0.15, 0.2) is 12.4 Å². The lowest BCUT2D eigenvalue weighted by Gasteiger charge is -2.01. The molecule has 0 saturated heterocycles. The van der Waals surface area contributed by atoms with Gasteiger partial charge in [0.15, 0.2) is 17.3 Å². The first kappa shape index (κ1) is 10.7. The minimum atomic E-state index is 0.651. The Labute approximate surface area is 103 Å². The second-order valence-corrected chi connectivity index (χ2v) is 4.16. The molecule has 0 bridgehead atoms. The van der Waals surface area contributed by atoms with Crippen LogP contribution in [0.3, 0.4) is 0 Å². The summed E-state index contributed by atoms with van der Waals surface area (Å²) in [5.41, 5.74) is 2.51. The molecule has 0 spiro atoms. The summed E-state index contributed by atoms with van der Waals surface area (Å²) in [6.45, 7) is 3.88. The van der Waals surface area contributed by atoms with E-state index in [4.69, 9.17) is 0 Å². The summed E-state index contributed by atoms with van der Waals surface area (Å²) in [4.78, 5) is 15.7. The average molecular weight is 243 g/mol. The number of nitrogens with zero attached hydrogens (tertiary/aromatic N) is 5. The van der Waals surface area contributed by atoms with Crippen LogP contribution >= 0.6 is 0 Å². The lowest BCUT2D eigenvalue weighted by atomic mass is 10.4.